The molecule has 0 spiro atoms. The molecule has 0 atom stereocenters. The number of ether oxygens (including phenoxy) is 1. The van der Waals surface area contributed by atoms with E-state index < -0.39 is 0 Å². The van der Waals surface area contributed by atoms with E-state index >= 15 is 0 Å². The minimum Gasteiger partial charge on any atom is -0.493 e. The molecule has 0 saturated carbocycles. The molecular weight excluding hydrogens is 402 g/mol. The van der Waals surface area contributed by atoms with E-state index in [1.807, 2.05) is 41.8 Å². The lowest BCUT2D eigenvalue weighted by Crippen LogP contribution is -2.22. The summed E-state index contributed by atoms with van der Waals surface area (Å²) in [4.78, 5) is 18.7. The summed E-state index contributed by atoms with van der Waals surface area (Å²) in [5.41, 5.74) is 6.86. The number of carbonyl (C=O) groups excluding carboxylic acids is 1. The number of hydrogen-bond donors (Lipinski definition) is 0. The van der Waals surface area contributed by atoms with Crippen molar-refractivity contribution in [3.05, 3.63) is 77.0 Å². The van der Waals surface area contributed by atoms with Gasteiger partial charge >= 0.3 is 0 Å². The maximum absolute atomic E-state index is 12.4. The Kier molecular flexibility index (Phi) is 5.09. The monoisotopic (exact) mass is 427 g/mol. The van der Waals surface area contributed by atoms with Crippen LogP contribution in [0.15, 0.2) is 48.9 Å². The Hall–Kier alpha value is -3.74. The predicted octanol–water partition coefficient (Wildman–Crippen LogP) is 3.52. The van der Waals surface area contributed by atoms with Crippen LogP contribution in [-0.4, -0.2) is 51.1 Å². The normalized spacial score (nSPS) is 12.6. The number of hydrogen-bond acceptors (Lipinski definition) is 5. The first-order chi connectivity index (χ1) is 15.5. The van der Waals surface area contributed by atoms with Crippen molar-refractivity contribution >= 4 is 11.6 Å². The zero-order chi connectivity index (χ0) is 22.2. The van der Waals surface area contributed by atoms with Gasteiger partial charge in [0.15, 0.2) is 5.65 Å². The van der Waals surface area contributed by atoms with Crippen molar-refractivity contribution in [1.82, 2.24) is 24.5 Å². The molecule has 5 rings (SSSR count). The van der Waals surface area contributed by atoms with E-state index in [4.69, 9.17) is 9.72 Å². The Balaban J connectivity index is 1.45. The van der Waals surface area contributed by atoms with E-state index in [0.717, 1.165) is 59.8 Å². The molecule has 0 saturated heterocycles. The first kappa shape index (κ1) is 20.2. The Morgan fingerprint density at radius 2 is 2.06 bits per heavy atom. The van der Waals surface area contributed by atoms with Gasteiger partial charge in [0.2, 0.25) is 0 Å². The second-order valence-electron chi connectivity index (χ2n) is 8.33. The summed E-state index contributed by atoms with van der Waals surface area (Å²) in [5, 5.41) is 8.51. The van der Waals surface area contributed by atoms with Crippen LogP contribution in [0.2, 0.25) is 0 Å². The summed E-state index contributed by atoms with van der Waals surface area (Å²) in [6, 6.07) is 12.1. The number of benzene rings is 2. The zero-order valence-electron chi connectivity index (χ0n) is 18.5. The lowest BCUT2D eigenvalue weighted by Gasteiger charge is -2.14. The Morgan fingerprint density at radius 3 is 2.88 bits per heavy atom. The van der Waals surface area contributed by atoms with Crippen molar-refractivity contribution in [2.75, 3.05) is 20.7 Å². The largest absolute Gasteiger partial charge is 0.493 e. The zero-order valence-corrected chi connectivity index (χ0v) is 18.5. The predicted molar refractivity (Wildman–Crippen MR) is 122 cm³/mol. The van der Waals surface area contributed by atoms with Gasteiger partial charge in [0.25, 0.3) is 5.91 Å². The van der Waals surface area contributed by atoms with Gasteiger partial charge in [-0.15, -0.1) is 10.2 Å². The number of rotatable bonds is 5. The third-order valence-electron chi connectivity index (χ3n) is 6.04. The number of carbonyl (C=O) groups is 1. The van der Waals surface area contributed by atoms with Crippen LogP contribution in [0.1, 0.15) is 32.9 Å². The summed E-state index contributed by atoms with van der Waals surface area (Å²) < 4.78 is 7.66. The molecule has 0 unspecified atom stereocenters. The molecular formula is C25H25N5O2. The minimum absolute atomic E-state index is 0.00653. The standard InChI is InChI=1S/C25H25N5O2/c1-16-13-18(7-9-19(16)25(31)29(2)3)21-14-26-23(30-15-27-28-24(21)30)10-8-17-5-4-6-22-20(17)11-12-32-22/h4-7,9,13-15H,8,10-12H2,1-3H3. The summed E-state index contributed by atoms with van der Waals surface area (Å²) in [5.74, 6) is 1.92. The van der Waals surface area contributed by atoms with Gasteiger partial charge in [-0.2, -0.15) is 0 Å². The molecule has 162 valence electrons. The second kappa shape index (κ2) is 8.07. The number of aryl methyl sites for hydroxylation is 3. The van der Waals surface area contributed by atoms with Gasteiger partial charge in [-0.25, -0.2) is 4.98 Å². The molecule has 3 heterocycles. The van der Waals surface area contributed by atoms with Crippen LogP contribution in [0.25, 0.3) is 16.8 Å². The molecule has 4 aromatic rings. The highest BCUT2D eigenvalue weighted by Crippen LogP contribution is 2.30. The quantitative estimate of drug-likeness (QED) is 0.487. The van der Waals surface area contributed by atoms with Gasteiger partial charge in [-0.1, -0.05) is 24.3 Å². The summed E-state index contributed by atoms with van der Waals surface area (Å²) in [6.45, 7) is 2.71. The van der Waals surface area contributed by atoms with Crippen molar-refractivity contribution in [3.63, 3.8) is 0 Å². The average molecular weight is 428 g/mol. The average Bonchev–Trinajstić information content (AvgIpc) is 3.47. The fourth-order valence-corrected chi connectivity index (χ4v) is 4.34. The van der Waals surface area contributed by atoms with Gasteiger partial charge in [-0.3, -0.25) is 9.20 Å². The van der Waals surface area contributed by atoms with Crippen LogP contribution in [0.4, 0.5) is 0 Å². The molecule has 1 amide bonds. The smallest absolute Gasteiger partial charge is 0.253 e. The fourth-order valence-electron chi connectivity index (χ4n) is 4.34. The van der Waals surface area contributed by atoms with Gasteiger partial charge in [0.1, 0.15) is 17.9 Å². The lowest BCUT2D eigenvalue weighted by molar-refractivity contribution is 0.0827. The maximum atomic E-state index is 12.4. The number of fused-ring (bicyclic) bond motifs is 2. The summed E-state index contributed by atoms with van der Waals surface area (Å²) in [7, 11) is 3.52. The SMILES string of the molecule is Cc1cc(-c2cnc(CCc3cccc4c3CCO4)n3cnnc23)ccc1C(=O)N(C)C. The molecule has 0 fully saturated rings. The minimum atomic E-state index is -0.00653. The molecule has 0 radical (unpaired) electrons. The second-order valence-corrected chi connectivity index (χ2v) is 8.33. The molecule has 0 N–H and O–H groups in total. The van der Waals surface area contributed by atoms with E-state index in [1.165, 1.54) is 11.1 Å². The topological polar surface area (TPSA) is 72.6 Å². The van der Waals surface area contributed by atoms with Crippen LogP contribution in [-0.2, 0) is 19.3 Å². The van der Waals surface area contributed by atoms with Crippen molar-refractivity contribution in [1.29, 1.82) is 0 Å². The lowest BCUT2D eigenvalue weighted by atomic mass is 10.00. The highest BCUT2D eigenvalue weighted by Gasteiger charge is 2.18. The van der Waals surface area contributed by atoms with Gasteiger partial charge in [0.05, 0.1) is 6.61 Å². The maximum Gasteiger partial charge on any atom is 0.253 e. The highest BCUT2D eigenvalue weighted by molar-refractivity contribution is 5.96. The Morgan fingerprint density at radius 1 is 1.19 bits per heavy atom. The van der Waals surface area contributed by atoms with Crippen molar-refractivity contribution < 1.29 is 9.53 Å². The van der Waals surface area contributed by atoms with E-state index in [9.17, 15) is 4.79 Å². The molecule has 1 aliphatic heterocycles. The van der Waals surface area contributed by atoms with Crippen molar-refractivity contribution in [2.45, 2.75) is 26.2 Å². The third kappa shape index (κ3) is 3.49. The molecule has 7 heteroatoms. The number of amides is 1. The highest BCUT2D eigenvalue weighted by atomic mass is 16.5. The third-order valence-corrected chi connectivity index (χ3v) is 6.04. The fraction of sp³-hybridized carbons (Fsp3) is 0.280. The van der Waals surface area contributed by atoms with Gasteiger partial charge in [-0.05, 0) is 42.2 Å². The van der Waals surface area contributed by atoms with Crippen molar-refractivity contribution in [2.24, 2.45) is 0 Å². The van der Waals surface area contributed by atoms with Crippen LogP contribution in [0.5, 0.6) is 5.75 Å². The van der Waals surface area contributed by atoms with Crippen molar-refractivity contribution in [3.8, 4) is 16.9 Å². The molecule has 7 nitrogen and oxygen atoms in total. The van der Waals surface area contributed by atoms with E-state index in [1.54, 1.807) is 25.3 Å². The van der Waals surface area contributed by atoms with Gasteiger partial charge in [0, 0.05) is 49.8 Å². The molecule has 1 aliphatic rings. The summed E-state index contributed by atoms with van der Waals surface area (Å²) >= 11 is 0. The van der Waals surface area contributed by atoms with E-state index in [2.05, 4.69) is 22.3 Å². The Labute approximate surface area is 186 Å². The molecule has 0 aliphatic carbocycles. The molecule has 2 aromatic heterocycles. The first-order valence-corrected chi connectivity index (χ1v) is 10.8. The van der Waals surface area contributed by atoms with Crippen LogP contribution in [0, 0.1) is 6.92 Å². The van der Waals surface area contributed by atoms with Crippen LogP contribution < -0.4 is 4.74 Å². The summed E-state index contributed by atoms with van der Waals surface area (Å²) in [6.07, 6.45) is 6.20. The molecule has 32 heavy (non-hydrogen) atoms. The number of nitrogens with zero attached hydrogens (tertiary/aromatic N) is 5. The van der Waals surface area contributed by atoms with E-state index in [-0.39, 0.29) is 5.91 Å². The number of aromatic nitrogens is 4. The van der Waals surface area contributed by atoms with Gasteiger partial charge < -0.3 is 9.64 Å². The molecule has 2 aromatic carbocycles. The van der Waals surface area contributed by atoms with E-state index in [0.29, 0.717) is 5.56 Å². The van der Waals surface area contributed by atoms with Crippen LogP contribution in [0.3, 0.4) is 0 Å². The Bertz CT molecular complexity index is 1330. The first-order valence-electron chi connectivity index (χ1n) is 10.8. The van der Waals surface area contributed by atoms with Crippen LogP contribution >= 0.6 is 0 Å². The molecule has 0 bridgehead atoms.